The summed E-state index contributed by atoms with van der Waals surface area (Å²) in [5.74, 6) is 0.693. The molecule has 0 spiro atoms. The van der Waals surface area contributed by atoms with Gasteiger partial charge in [-0.1, -0.05) is 27.7 Å². The number of aromatic nitrogens is 1. The molecule has 0 saturated heterocycles. The largest absolute Gasteiger partial charge is 0.440 e. The molecule has 0 radical (unpaired) electrons. The van der Waals surface area contributed by atoms with Crippen molar-refractivity contribution in [3.8, 4) is 0 Å². The molecule has 5 heteroatoms. The Morgan fingerprint density at radius 2 is 2.10 bits per heavy atom. The Morgan fingerprint density at radius 1 is 1.38 bits per heavy atom. The van der Waals surface area contributed by atoms with Crippen molar-refractivity contribution >= 4 is 22.8 Å². The number of carbonyl (C=O) groups excluding carboxylic acids is 1. The lowest BCUT2D eigenvalue weighted by atomic mass is 9.97. The number of urea groups is 1. The first-order valence-electron chi connectivity index (χ1n) is 7.28. The third-order valence-corrected chi connectivity index (χ3v) is 3.28. The van der Waals surface area contributed by atoms with Crippen LogP contribution in [-0.4, -0.2) is 17.1 Å². The average Bonchev–Trinajstić information content (AvgIpc) is 2.81. The molecule has 1 aromatic heterocycles. The summed E-state index contributed by atoms with van der Waals surface area (Å²) in [5.41, 5.74) is 2.05. The minimum Gasteiger partial charge on any atom is -0.440 e. The molecule has 0 saturated carbocycles. The molecule has 2 amide bonds. The van der Waals surface area contributed by atoms with Crippen LogP contribution in [0.3, 0.4) is 0 Å². The fraction of sp³-hybridized carbons (Fsp3) is 0.500. The summed E-state index contributed by atoms with van der Waals surface area (Å²) < 4.78 is 5.73. The number of anilines is 1. The van der Waals surface area contributed by atoms with Gasteiger partial charge < -0.3 is 15.1 Å². The van der Waals surface area contributed by atoms with Crippen LogP contribution in [0.25, 0.3) is 11.1 Å². The van der Waals surface area contributed by atoms with E-state index >= 15 is 0 Å². The maximum Gasteiger partial charge on any atom is 0.319 e. The van der Waals surface area contributed by atoms with E-state index in [-0.39, 0.29) is 17.5 Å². The van der Waals surface area contributed by atoms with Gasteiger partial charge in [-0.05, 0) is 31.5 Å². The number of hydrogen-bond acceptors (Lipinski definition) is 3. The van der Waals surface area contributed by atoms with Crippen LogP contribution in [0.1, 0.15) is 46.9 Å². The zero-order valence-electron chi connectivity index (χ0n) is 13.3. The number of amides is 2. The zero-order chi connectivity index (χ0) is 15.6. The fourth-order valence-corrected chi connectivity index (χ4v) is 1.82. The van der Waals surface area contributed by atoms with Crippen LogP contribution in [0.4, 0.5) is 10.5 Å². The van der Waals surface area contributed by atoms with E-state index in [2.05, 4.69) is 36.4 Å². The Hall–Kier alpha value is -2.04. The molecule has 1 unspecified atom stereocenters. The van der Waals surface area contributed by atoms with E-state index in [0.29, 0.717) is 11.6 Å². The minimum atomic E-state index is -0.205. The predicted molar refractivity (Wildman–Crippen MR) is 84.6 cm³/mol. The molecule has 114 valence electrons. The van der Waals surface area contributed by atoms with Crippen molar-refractivity contribution in [2.75, 3.05) is 5.32 Å². The van der Waals surface area contributed by atoms with Gasteiger partial charge in [0, 0.05) is 17.1 Å². The van der Waals surface area contributed by atoms with Crippen molar-refractivity contribution in [3.05, 3.63) is 24.1 Å². The van der Waals surface area contributed by atoms with Crippen LogP contribution in [-0.2, 0) is 5.41 Å². The fourth-order valence-electron chi connectivity index (χ4n) is 1.82. The molecule has 1 aromatic carbocycles. The molecular formula is C16H23N3O2. The maximum atomic E-state index is 11.8. The Bertz CT molecular complexity index is 640. The summed E-state index contributed by atoms with van der Waals surface area (Å²) in [7, 11) is 0. The molecule has 2 aromatic rings. The van der Waals surface area contributed by atoms with Gasteiger partial charge in [0.1, 0.15) is 5.52 Å². The first-order valence-corrected chi connectivity index (χ1v) is 7.28. The number of hydrogen-bond donors (Lipinski definition) is 2. The summed E-state index contributed by atoms with van der Waals surface area (Å²) in [5, 5.41) is 5.68. The van der Waals surface area contributed by atoms with Gasteiger partial charge in [0.2, 0.25) is 5.89 Å². The second-order valence-corrected chi connectivity index (χ2v) is 6.36. The second kappa shape index (κ2) is 5.76. The Balaban J connectivity index is 2.17. The number of nitrogens with one attached hydrogen (secondary N) is 2. The molecule has 21 heavy (non-hydrogen) atoms. The van der Waals surface area contributed by atoms with Gasteiger partial charge in [0.25, 0.3) is 0 Å². The second-order valence-electron chi connectivity index (χ2n) is 6.36. The molecule has 0 fully saturated rings. The van der Waals surface area contributed by atoms with Crippen molar-refractivity contribution in [2.24, 2.45) is 0 Å². The van der Waals surface area contributed by atoms with Gasteiger partial charge >= 0.3 is 6.03 Å². The van der Waals surface area contributed by atoms with E-state index in [4.69, 9.17) is 4.42 Å². The SMILES string of the molecule is CCC(C)NC(=O)Nc1ccc2oc(C(C)(C)C)nc2c1. The summed E-state index contributed by atoms with van der Waals surface area (Å²) in [6.45, 7) is 10.2. The first-order chi connectivity index (χ1) is 9.79. The zero-order valence-corrected chi connectivity index (χ0v) is 13.3. The Kier molecular flexibility index (Phi) is 4.21. The average molecular weight is 289 g/mol. The van der Waals surface area contributed by atoms with E-state index < -0.39 is 0 Å². The van der Waals surface area contributed by atoms with E-state index in [0.717, 1.165) is 17.5 Å². The topological polar surface area (TPSA) is 67.2 Å². The van der Waals surface area contributed by atoms with Crippen molar-refractivity contribution in [3.63, 3.8) is 0 Å². The number of benzene rings is 1. The van der Waals surface area contributed by atoms with Crippen molar-refractivity contribution in [1.82, 2.24) is 10.3 Å². The van der Waals surface area contributed by atoms with Crippen LogP contribution in [0.2, 0.25) is 0 Å². The van der Waals surface area contributed by atoms with Crippen molar-refractivity contribution in [1.29, 1.82) is 0 Å². The Morgan fingerprint density at radius 3 is 2.71 bits per heavy atom. The van der Waals surface area contributed by atoms with Gasteiger partial charge in [-0.15, -0.1) is 0 Å². The highest BCUT2D eigenvalue weighted by molar-refractivity contribution is 5.91. The molecule has 1 atom stereocenters. The minimum absolute atomic E-state index is 0.138. The van der Waals surface area contributed by atoms with Crippen molar-refractivity contribution < 1.29 is 9.21 Å². The van der Waals surface area contributed by atoms with Crippen LogP contribution in [0, 0.1) is 0 Å². The van der Waals surface area contributed by atoms with Crippen molar-refractivity contribution in [2.45, 2.75) is 52.5 Å². The number of nitrogens with zero attached hydrogens (tertiary/aromatic N) is 1. The monoisotopic (exact) mass is 289 g/mol. The lowest BCUT2D eigenvalue weighted by Gasteiger charge is -2.12. The third-order valence-electron chi connectivity index (χ3n) is 3.28. The summed E-state index contributed by atoms with van der Waals surface area (Å²) in [4.78, 5) is 16.3. The highest BCUT2D eigenvalue weighted by atomic mass is 16.3. The number of oxazole rings is 1. The third kappa shape index (κ3) is 3.74. The first kappa shape index (κ1) is 15.4. The smallest absolute Gasteiger partial charge is 0.319 e. The molecule has 2 N–H and O–H groups in total. The molecule has 1 heterocycles. The molecular weight excluding hydrogens is 266 g/mol. The number of fused-ring (bicyclic) bond motifs is 1. The summed E-state index contributed by atoms with van der Waals surface area (Å²) >= 11 is 0. The number of carbonyl (C=O) groups is 1. The van der Waals surface area contributed by atoms with Crippen LogP contribution >= 0.6 is 0 Å². The maximum absolute atomic E-state index is 11.8. The van der Waals surface area contributed by atoms with Crippen LogP contribution in [0.15, 0.2) is 22.6 Å². The normalized spacial score (nSPS) is 13.2. The van der Waals surface area contributed by atoms with Crippen LogP contribution in [0.5, 0.6) is 0 Å². The van der Waals surface area contributed by atoms with Gasteiger partial charge in [0.05, 0.1) is 0 Å². The summed E-state index contributed by atoms with van der Waals surface area (Å²) in [6, 6.07) is 5.41. The Labute approximate surface area is 125 Å². The highest BCUT2D eigenvalue weighted by Crippen LogP contribution is 2.27. The van der Waals surface area contributed by atoms with E-state index in [1.807, 2.05) is 32.0 Å². The van der Waals surface area contributed by atoms with E-state index in [1.165, 1.54) is 0 Å². The van der Waals surface area contributed by atoms with Gasteiger partial charge in [-0.2, -0.15) is 0 Å². The quantitative estimate of drug-likeness (QED) is 0.896. The summed E-state index contributed by atoms with van der Waals surface area (Å²) in [6.07, 6.45) is 0.894. The molecule has 0 aliphatic rings. The standard InChI is InChI=1S/C16H23N3O2/c1-6-10(2)17-15(20)18-11-7-8-13-12(9-11)19-14(21-13)16(3,4)5/h7-10H,6H2,1-5H3,(H2,17,18,20). The van der Waals surface area contributed by atoms with Gasteiger partial charge in [-0.25, -0.2) is 9.78 Å². The number of rotatable bonds is 3. The van der Waals surface area contributed by atoms with E-state index in [1.54, 1.807) is 0 Å². The molecule has 0 aliphatic heterocycles. The lowest BCUT2D eigenvalue weighted by Crippen LogP contribution is -2.35. The van der Waals surface area contributed by atoms with E-state index in [9.17, 15) is 4.79 Å². The molecule has 0 aliphatic carbocycles. The molecule has 5 nitrogen and oxygen atoms in total. The van der Waals surface area contributed by atoms with Gasteiger partial charge in [0.15, 0.2) is 5.58 Å². The molecule has 2 rings (SSSR count). The van der Waals surface area contributed by atoms with Crippen LogP contribution < -0.4 is 10.6 Å². The molecule has 0 bridgehead atoms. The predicted octanol–water partition coefficient (Wildman–Crippen LogP) is 4.05. The highest BCUT2D eigenvalue weighted by Gasteiger charge is 2.21. The van der Waals surface area contributed by atoms with Gasteiger partial charge in [-0.3, -0.25) is 0 Å². The lowest BCUT2D eigenvalue weighted by molar-refractivity contribution is 0.249.